The molecule has 0 heterocycles. The van der Waals surface area contributed by atoms with Gasteiger partial charge in [0.1, 0.15) is 11.4 Å². The van der Waals surface area contributed by atoms with E-state index < -0.39 is 24.1 Å². The van der Waals surface area contributed by atoms with Crippen LogP contribution < -0.4 is 4.74 Å². The van der Waals surface area contributed by atoms with E-state index in [1.165, 1.54) is 0 Å². The molecule has 0 saturated heterocycles. The number of nitriles is 1. The lowest BCUT2D eigenvalue weighted by Gasteiger charge is -2.19. The maximum atomic E-state index is 11.4. The molecule has 0 aliphatic carbocycles. The number of rotatable bonds is 5. The average Bonchev–Trinajstić information content (AvgIpc) is 2.41. The van der Waals surface area contributed by atoms with Gasteiger partial charge in [0, 0.05) is 0 Å². The second-order valence-corrected chi connectivity index (χ2v) is 5.17. The smallest absolute Gasteiger partial charge is 0.344 e. The van der Waals surface area contributed by atoms with Crippen molar-refractivity contribution in [3.05, 3.63) is 29.8 Å². The van der Waals surface area contributed by atoms with Crippen LogP contribution in [0.5, 0.6) is 5.75 Å². The zero-order valence-corrected chi connectivity index (χ0v) is 12.2. The zero-order valence-electron chi connectivity index (χ0n) is 12.2. The number of benzene rings is 1. The zero-order chi connectivity index (χ0) is 15.9. The van der Waals surface area contributed by atoms with Crippen molar-refractivity contribution >= 4 is 11.9 Å². The van der Waals surface area contributed by atoms with E-state index in [4.69, 9.17) is 19.5 Å². The number of carbonyl (C=O) groups excluding carboxylic acids is 2. The van der Waals surface area contributed by atoms with Crippen LogP contribution in [0.1, 0.15) is 26.3 Å². The summed E-state index contributed by atoms with van der Waals surface area (Å²) in [6.07, 6.45) is 0. The molecule has 0 amide bonds. The minimum atomic E-state index is -0.676. The summed E-state index contributed by atoms with van der Waals surface area (Å²) in [4.78, 5) is 22.7. The highest BCUT2D eigenvalue weighted by Crippen LogP contribution is 2.11. The number of hydrogen-bond acceptors (Lipinski definition) is 6. The number of hydrogen-bond donors (Lipinski definition) is 0. The third-order valence-electron chi connectivity index (χ3n) is 2.11. The predicted molar refractivity (Wildman–Crippen MR) is 73.5 cm³/mol. The van der Waals surface area contributed by atoms with Crippen LogP contribution in [0.4, 0.5) is 0 Å². The van der Waals surface area contributed by atoms with Gasteiger partial charge >= 0.3 is 11.9 Å². The van der Waals surface area contributed by atoms with Gasteiger partial charge in [0.25, 0.3) is 0 Å². The molecule has 112 valence electrons. The Bertz CT molecular complexity index is 537. The maximum Gasteiger partial charge on any atom is 0.344 e. The third-order valence-corrected chi connectivity index (χ3v) is 2.11. The van der Waals surface area contributed by atoms with Gasteiger partial charge in [0.2, 0.25) is 0 Å². The van der Waals surface area contributed by atoms with Crippen molar-refractivity contribution in [2.75, 3.05) is 13.2 Å². The number of carbonyl (C=O) groups is 2. The Hall–Kier alpha value is -2.55. The van der Waals surface area contributed by atoms with Gasteiger partial charge in [-0.25, -0.2) is 9.59 Å². The molecule has 21 heavy (non-hydrogen) atoms. The lowest BCUT2D eigenvalue weighted by atomic mass is 10.2. The van der Waals surface area contributed by atoms with Gasteiger partial charge < -0.3 is 14.2 Å². The summed E-state index contributed by atoms with van der Waals surface area (Å²) in [5.74, 6) is -0.859. The fourth-order valence-corrected chi connectivity index (χ4v) is 1.32. The number of esters is 2. The standard InChI is InChI=1S/C15H17NO5/c1-15(2,3)21-14(18)10-20-13(17)9-19-12-6-4-11(8-16)5-7-12/h4-7H,9-10H2,1-3H3. The summed E-state index contributed by atoms with van der Waals surface area (Å²) in [6, 6.07) is 8.25. The summed E-state index contributed by atoms with van der Waals surface area (Å²) < 4.78 is 14.9. The van der Waals surface area contributed by atoms with Crippen molar-refractivity contribution in [3.63, 3.8) is 0 Å². The van der Waals surface area contributed by atoms with Gasteiger partial charge in [0.05, 0.1) is 11.6 Å². The molecule has 0 fully saturated rings. The minimum Gasteiger partial charge on any atom is -0.482 e. The molecule has 0 aliphatic heterocycles. The van der Waals surface area contributed by atoms with E-state index in [9.17, 15) is 9.59 Å². The topological polar surface area (TPSA) is 85.6 Å². The van der Waals surface area contributed by atoms with Gasteiger partial charge in [-0.05, 0) is 45.0 Å². The molecule has 6 nitrogen and oxygen atoms in total. The number of ether oxygens (including phenoxy) is 3. The lowest BCUT2D eigenvalue weighted by Crippen LogP contribution is -2.28. The predicted octanol–water partition coefficient (Wildman–Crippen LogP) is 1.82. The van der Waals surface area contributed by atoms with Gasteiger partial charge in [-0.15, -0.1) is 0 Å². The van der Waals surface area contributed by atoms with E-state index in [0.29, 0.717) is 11.3 Å². The van der Waals surface area contributed by atoms with Gasteiger partial charge in [-0.3, -0.25) is 0 Å². The first-order valence-corrected chi connectivity index (χ1v) is 6.30. The fourth-order valence-electron chi connectivity index (χ4n) is 1.32. The van der Waals surface area contributed by atoms with E-state index in [-0.39, 0.29) is 6.61 Å². The van der Waals surface area contributed by atoms with Gasteiger partial charge in [-0.1, -0.05) is 0 Å². The minimum absolute atomic E-state index is 0.325. The Morgan fingerprint density at radius 1 is 1.10 bits per heavy atom. The first-order valence-electron chi connectivity index (χ1n) is 6.30. The Balaban J connectivity index is 2.31. The average molecular weight is 291 g/mol. The van der Waals surface area contributed by atoms with Crippen LogP contribution in [-0.2, 0) is 19.1 Å². The highest BCUT2D eigenvalue weighted by atomic mass is 16.6. The monoisotopic (exact) mass is 291 g/mol. The molecule has 0 radical (unpaired) electrons. The molecule has 1 aromatic rings. The van der Waals surface area contributed by atoms with E-state index in [1.54, 1.807) is 45.0 Å². The SMILES string of the molecule is CC(C)(C)OC(=O)COC(=O)COc1ccc(C#N)cc1. The van der Waals surface area contributed by atoms with Crippen LogP contribution in [0.15, 0.2) is 24.3 Å². The van der Waals surface area contributed by atoms with Crippen LogP contribution in [0.2, 0.25) is 0 Å². The van der Waals surface area contributed by atoms with Crippen molar-refractivity contribution in [2.45, 2.75) is 26.4 Å². The van der Waals surface area contributed by atoms with Crippen molar-refractivity contribution in [1.82, 2.24) is 0 Å². The largest absolute Gasteiger partial charge is 0.482 e. The van der Waals surface area contributed by atoms with Crippen LogP contribution in [0.25, 0.3) is 0 Å². The highest BCUT2D eigenvalue weighted by Gasteiger charge is 2.17. The summed E-state index contributed by atoms with van der Waals surface area (Å²) in [7, 11) is 0. The molecule has 0 N–H and O–H groups in total. The summed E-state index contributed by atoms with van der Waals surface area (Å²) >= 11 is 0. The number of nitrogens with zero attached hydrogens (tertiary/aromatic N) is 1. The Labute approximate surface area is 123 Å². The molecule has 0 atom stereocenters. The van der Waals surface area contributed by atoms with E-state index >= 15 is 0 Å². The fraction of sp³-hybridized carbons (Fsp3) is 0.400. The molecule has 1 rings (SSSR count). The quantitative estimate of drug-likeness (QED) is 0.769. The summed E-state index contributed by atoms with van der Waals surface area (Å²) in [5.41, 5.74) is -0.127. The first kappa shape index (κ1) is 16.5. The Morgan fingerprint density at radius 2 is 1.71 bits per heavy atom. The Kier molecular flexibility index (Phi) is 5.73. The maximum absolute atomic E-state index is 11.4. The van der Waals surface area contributed by atoms with Crippen molar-refractivity contribution in [2.24, 2.45) is 0 Å². The molecular weight excluding hydrogens is 274 g/mol. The van der Waals surface area contributed by atoms with Crippen molar-refractivity contribution in [3.8, 4) is 11.8 Å². The Morgan fingerprint density at radius 3 is 2.24 bits per heavy atom. The molecule has 0 bridgehead atoms. The van der Waals surface area contributed by atoms with Crippen LogP contribution >= 0.6 is 0 Å². The van der Waals surface area contributed by atoms with Crippen LogP contribution in [0.3, 0.4) is 0 Å². The molecule has 0 saturated carbocycles. The molecule has 1 aromatic carbocycles. The molecule has 0 unspecified atom stereocenters. The molecule has 6 heteroatoms. The van der Waals surface area contributed by atoms with Gasteiger partial charge in [0.15, 0.2) is 13.2 Å². The first-order chi connectivity index (χ1) is 9.80. The third kappa shape index (κ3) is 6.97. The van der Waals surface area contributed by atoms with Crippen molar-refractivity contribution in [1.29, 1.82) is 5.26 Å². The highest BCUT2D eigenvalue weighted by molar-refractivity contribution is 5.77. The molecule has 0 spiro atoms. The van der Waals surface area contributed by atoms with Gasteiger partial charge in [-0.2, -0.15) is 5.26 Å². The summed E-state index contributed by atoms with van der Waals surface area (Å²) in [6.45, 7) is 4.39. The summed E-state index contributed by atoms with van der Waals surface area (Å²) in [5, 5.41) is 8.64. The van der Waals surface area contributed by atoms with E-state index in [0.717, 1.165) is 0 Å². The molecule has 0 aromatic heterocycles. The van der Waals surface area contributed by atoms with Crippen LogP contribution in [0, 0.1) is 11.3 Å². The van der Waals surface area contributed by atoms with E-state index in [1.807, 2.05) is 6.07 Å². The normalized spacial score (nSPS) is 10.4. The molecular formula is C15H17NO5. The van der Waals surface area contributed by atoms with Crippen molar-refractivity contribution < 1.29 is 23.8 Å². The lowest BCUT2D eigenvalue weighted by molar-refractivity contribution is -0.167. The van der Waals surface area contributed by atoms with Crippen LogP contribution in [-0.4, -0.2) is 30.8 Å². The second-order valence-electron chi connectivity index (χ2n) is 5.17. The molecule has 0 aliphatic rings. The second kappa shape index (κ2) is 7.29. The van der Waals surface area contributed by atoms with E-state index in [2.05, 4.69) is 0 Å².